The van der Waals surface area contributed by atoms with Crippen molar-refractivity contribution in [2.45, 2.75) is 25.7 Å². The summed E-state index contributed by atoms with van der Waals surface area (Å²) in [5.41, 5.74) is 4.77. The highest BCUT2D eigenvalue weighted by molar-refractivity contribution is 5.75. The standard InChI is InChI=1S/C20H21N7O2.C6H6/c1-2-29-15-5-3-13(4-6-15)16-11-21-20-17(19-23-25-26-24-19)12-22-27(20)18(16)14-7-9-28-10-8-14;1-2-4-6-5-3-1/h3-6,11-12,14H,2,7-10H2,1H3,(H,23,24,25,26);1-6H. The lowest BCUT2D eigenvalue weighted by Gasteiger charge is -2.25. The molecule has 1 fully saturated rings. The molecule has 2 aromatic carbocycles. The van der Waals surface area contributed by atoms with Gasteiger partial charge in [-0.15, -0.1) is 10.2 Å². The van der Waals surface area contributed by atoms with Gasteiger partial charge in [0.15, 0.2) is 5.65 Å². The van der Waals surface area contributed by atoms with E-state index in [-0.39, 0.29) is 0 Å². The number of rotatable bonds is 5. The summed E-state index contributed by atoms with van der Waals surface area (Å²) >= 11 is 0. The molecule has 178 valence electrons. The molecule has 35 heavy (non-hydrogen) atoms. The van der Waals surface area contributed by atoms with Crippen molar-refractivity contribution in [3.05, 3.63) is 78.8 Å². The van der Waals surface area contributed by atoms with Crippen LogP contribution in [0.1, 0.15) is 31.4 Å². The molecule has 0 spiro atoms. The number of aromatic amines is 1. The van der Waals surface area contributed by atoms with Gasteiger partial charge in [0.25, 0.3) is 0 Å². The van der Waals surface area contributed by atoms with Crippen LogP contribution >= 0.6 is 0 Å². The molecule has 6 rings (SSSR count). The Balaban J connectivity index is 0.000000371. The Morgan fingerprint density at radius 1 is 0.971 bits per heavy atom. The SMILES string of the molecule is CCOc1ccc(-c2cnc3c(-c4nn[nH]n4)cnn3c2C2CCOCC2)cc1.c1ccccc1. The Morgan fingerprint density at radius 3 is 2.31 bits per heavy atom. The molecule has 9 nitrogen and oxygen atoms in total. The largest absolute Gasteiger partial charge is 0.494 e. The van der Waals surface area contributed by atoms with Crippen LogP contribution in [0.5, 0.6) is 5.75 Å². The number of H-pyrrole nitrogens is 1. The molecule has 0 atom stereocenters. The van der Waals surface area contributed by atoms with Crippen LogP contribution in [0.25, 0.3) is 28.2 Å². The van der Waals surface area contributed by atoms with Gasteiger partial charge in [-0.05, 0) is 42.7 Å². The normalized spacial score (nSPS) is 13.9. The van der Waals surface area contributed by atoms with Gasteiger partial charge in [-0.25, -0.2) is 9.50 Å². The van der Waals surface area contributed by atoms with Crippen molar-refractivity contribution in [1.29, 1.82) is 0 Å². The minimum Gasteiger partial charge on any atom is -0.494 e. The molecule has 0 bridgehead atoms. The Morgan fingerprint density at radius 2 is 1.69 bits per heavy atom. The first-order valence-electron chi connectivity index (χ1n) is 11.8. The minimum atomic E-state index is 0.328. The van der Waals surface area contributed by atoms with Crippen LogP contribution in [0, 0.1) is 0 Å². The van der Waals surface area contributed by atoms with E-state index in [9.17, 15) is 0 Å². The fourth-order valence-electron chi connectivity index (χ4n) is 4.25. The van der Waals surface area contributed by atoms with Gasteiger partial charge in [0.2, 0.25) is 5.82 Å². The van der Waals surface area contributed by atoms with E-state index >= 15 is 0 Å². The van der Waals surface area contributed by atoms with Gasteiger partial charge in [-0.1, -0.05) is 48.5 Å². The number of hydrogen-bond acceptors (Lipinski definition) is 7. The fraction of sp³-hybridized carbons (Fsp3) is 0.269. The summed E-state index contributed by atoms with van der Waals surface area (Å²) in [4.78, 5) is 4.70. The van der Waals surface area contributed by atoms with E-state index in [0.29, 0.717) is 18.3 Å². The molecule has 0 saturated carbocycles. The van der Waals surface area contributed by atoms with Crippen molar-refractivity contribution >= 4 is 5.65 Å². The van der Waals surface area contributed by atoms with Crippen molar-refractivity contribution in [1.82, 2.24) is 35.2 Å². The highest BCUT2D eigenvalue weighted by atomic mass is 16.5. The average Bonchev–Trinajstić information content (AvgIpc) is 3.61. The maximum Gasteiger partial charge on any atom is 0.210 e. The zero-order chi connectivity index (χ0) is 23.9. The van der Waals surface area contributed by atoms with Gasteiger partial charge in [0, 0.05) is 30.9 Å². The third kappa shape index (κ3) is 5.04. The first kappa shape index (κ1) is 22.7. The second-order valence-corrected chi connectivity index (χ2v) is 8.08. The summed E-state index contributed by atoms with van der Waals surface area (Å²) in [6, 6.07) is 20.1. The number of aromatic nitrogens is 7. The number of hydrogen-bond donors (Lipinski definition) is 1. The molecule has 5 aromatic rings. The summed E-state index contributed by atoms with van der Waals surface area (Å²) in [6.07, 6.45) is 5.56. The highest BCUT2D eigenvalue weighted by Crippen LogP contribution is 2.36. The molecular weight excluding hydrogens is 442 g/mol. The molecule has 9 heteroatoms. The molecule has 1 saturated heterocycles. The van der Waals surface area contributed by atoms with Crippen molar-refractivity contribution in [2.24, 2.45) is 0 Å². The highest BCUT2D eigenvalue weighted by Gasteiger charge is 2.25. The lowest BCUT2D eigenvalue weighted by molar-refractivity contribution is 0.0842. The summed E-state index contributed by atoms with van der Waals surface area (Å²) in [7, 11) is 0. The van der Waals surface area contributed by atoms with E-state index in [0.717, 1.165) is 59.8 Å². The molecule has 1 N–H and O–H groups in total. The van der Waals surface area contributed by atoms with Gasteiger partial charge in [-0.3, -0.25) is 0 Å². The smallest absolute Gasteiger partial charge is 0.210 e. The monoisotopic (exact) mass is 469 g/mol. The first-order valence-corrected chi connectivity index (χ1v) is 11.8. The third-order valence-corrected chi connectivity index (χ3v) is 5.90. The lowest BCUT2D eigenvalue weighted by Crippen LogP contribution is -2.18. The van der Waals surface area contributed by atoms with E-state index in [1.807, 2.05) is 66.2 Å². The van der Waals surface area contributed by atoms with Crippen molar-refractivity contribution in [2.75, 3.05) is 19.8 Å². The number of ether oxygens (including phenoxy) is 2. The van der Waals surface area contributed by atoms with Gasteiger partial charge in [0.1, 0.15) is 5.75 Å². The van der Waals surface area contributed by atoms with Gasteiger partial charge in [-0.2, -0.15) is 10.3 Å². The fourth-order valence-corrected chi connectivity index (χ4v) is 4.25. The number of nitrogens with zero attached hydrogens (tertiary/aromatic N) is 6. The van der Waals surface area contributed by atoms with Crippen LogP contribution in [0.3, 0.4) is 0 Å². The summed E-state index contributed by atoms with van der Waals surface area (Å²) in [5.74, 6) is 1.67. The van der Waals surface area contributed by atoms with Crippen LogP contribution in [0.15, 0.2) is 73.1 Å². The summed E-state index contributed by atoms with van der Waals surface area (Å²) < 4.78 is 13.1. The molecule has 1 aliphatic rings. The molecule has 0 radical (unpaired) electrons. The molecule has 0 unspecified atom stereocenters. The maximum atomic E-state index is 5.59. The quantitative estimate of drug-likeness (QED) is 0.403. The molecule has 3 aromatic heterocycles. The summed E-state index contributed by atoms with van der Waals surface area (Å²) in [6.45, 7) is 4.12. The van der Waals surface area contributed by atoms with Gasteiger partial charge >= 0.3 is 0 Å². The van der Waals surface area contributed by atoms with Gasteiger partial charge < -0.3 is 9.47 Å². The van der Waals surface area contributed by atoms with Crippen LogP contribution in [-0.4, -0.2) is 55.0 Å². The average molecular weight is 470 g/mol. The third-order valence-electron chi connectivity index (χ3n) is 5.90. The van der Waals surface area contributed by atoms with Crippen molar-refractivity contribution in [3.8, 4) is 28.3 Å². The second kappa shape index (κ2) is 10.9. The molecule has 0 aliphatic carbocycles. The molecule has 1 aliphatic heterocycles. The number of tetrazole rings is 1. The van der Waals surface area contributed by atoms with E-state index in [1.165, 1.54) is 0 Å². The predicted octanol–water partition coefficient (Wildman–Crippen LogP) is 4.56. The van der Waals surface area contributed by atoms with Crippen LogP contribution in [-0.2, 0) is 4.74 Å². The van der Waals surface area contributed by atoms with Crippen LogP contribution in [0.2, 0.25) is 0 Å². The summed E-state index contributed by atoms with van der Waals surface area (Å²) in [5, 5.41) is 19.0. The molecular formula is C26H27N7O2. The zero-order valence-corrected chi connectivity index (χ0v) is 19.5. The Bertz CT molecular complexity index is 1300. The number of fused-ring (bicyclic) bond motifs is 1. The van der Waals surface area contributed by atoms with E-state index in [1.54, 1.807) is 6.20 Å². The van der Waals surface area contributed by atoms with E-state index < -0.39 is 0 Å². The topological polar surface area (TPSA) is 103 Å². The maximum absolute atomic E-state index is 5.59. The molecule has 0 amide bonds. The van der Waals surface area contributed by atoms with Crippen molar-refractivity contribution in [3.63, 3.8) is 0 Å². The van der Waals surface area contributed by atoms with E-state index in [2.05, 4.69) is 37.9 Å². The number of nitrogens with one attached hydrogen (secondary N) is 1. The minimum absolute atomic E-state index is 0.328. The Hall–Kier alpha value is -4.11. The second-order valence-electron chi connectivity index (χ2n) is 8.08. The molecule has 4 heterocycles. The van der Waals surface area contributed by atoms with Gasteiger partial charge in [0.05, 0.1) is 24.1 Å². The predicted molar refractivity (Wildman–Crippen MR) is 132 cm³/mol. The van der Waals surface area contributed by atoms with E-state index in [4.69, 9.17) is 14.5 Å². The lowest BCUT2D eigenvalue weighted by atomic mass is 9.90. The van der Waals surface area contributed by atoms with Crippen LogP contribution < -0.4 is 4.74 Å². The Kier molecular flexibility index (Phi) is 7.05. The van der Waals surface area contributed by atoms with Crippen molar-refractivity contribution < 1.29 is 9.47 Å². The number of benzene rings is 2. The first-order chi connectivity index (χ1) is 17.3. The van der Waals surface area contributed by atoms with Crippen LogP contribution in [0.4, 0.5) is 0 Å². The zero-order valence-electron chi connectivity index (χ0n) is 19.5. The Labute approximate surface area is 203 Å².